The molecule has 3 heteroatoms. The zero-order valence-corrected chi connectivity index (χ0v) is 11.9. The normalized spacial score (nSPS) is 16.2. The first kappa shape index (κ1) is 13.8. The van der Waals surface area contributed by atoms with Crippen LogP contribution in [-0.4, -0.2) is 36.5 Å². The van der Waals surface area contributed by atoms with Gasteiger partial charge in [0.25, 0.3) is 0 Å². The number of carbonyl (C=O) groups is 1. The predicted molar refractivity (Wildman–Crippen MR) is 78.8 cm³/mol. The number of benzene rings is 1. The summed E-state index contributed by atoms with van der Waals surface area (Å²) in [5.41, 5.74) is 2.12. The fourth-order valence-electron chi connectivity index (χ4n) is 2.27. The van der Waals surface area contributed by atoms with Crippen LogP contribution in [0.15, 0.2) is 36.4 Å². The second-order valence-electron chi connectivity index (χ2n) is 5.47. The maximum Gasteiger partial charge on any atom is 0.242 e. The summed E-state index contributed by atoms with van der Waals surface area (Å²) in [5, 5.41) is 3.07. The Morgan fingerprint density at radius 2 is 1.95 bits per heavy atom. The van der Waals surface area contributed by atoms with Gasteiger partial charge in [-0.15, -0.1) is 0 Å². The third-order valence-electron chi connectivity index (χ3n) is 3.80. The molecule has 0 aliphatic carbocycles. The van der Waals surface area contributed by atoms with E-state index in [1.54, 1.807) is 0 Å². The van der Waals surface area contributed by atoms with Crippen molar-refractivity contribution in [1.82, 2.24) is 10.2 Å². The minimum atomic E-state index is -0.488. The molecule has 0 spiro atoms. The molecule has 0 bridgehead atoms. The molecule has 19 heavy (non-hydrogen) atoms. The fourth-order valence-corrected chi connectivity index (χ4v) is 2.27. The molecular weight excluding hydrogens is 236 g/mol. The molecule has 1 N–H and O–H groups in total. The molecule has 0 saturated carbocycles. The van der Waals surface area contributed by atoms with Crippen LogP contribution in [0.4, 0.5) is 0 Å². The lowest BCUT2D eigenvalue weighted by molar-refractivity contribution is -0.136. The maximum absolute atomic E-state index is 12.3. The largest absolute Gasteiger partial charge is 0.337 e. The average molecular weight is 258 g/mol. The first-order chi connectivity index (χ1) is 9.04. The van der Waals surface area contributed by atoms with E-state index >= 15 is 0 Å². The molecule has 0 radical (unpaired) electrons. The molecule has 3 nitrogen and oxygen atoms in total. The number of hydrogen-bond donors (Lipinski definition) is 1. The molecule has 1 aromatic rings. The molecule has 1 aromatic carbocycles. The van der Waals surface area contributed by atoms with Crippen molar-refractivity contribution in [3.05, 3.63) is 42.0 Å². The summed E-state index contributed by atoms with van der Waals surface area (Å²) in [7, 11) is 1.83. The van der Waals surface area contributed by atoms with Gasteiger partial charge in [-0.2, -0.15) is 0 Å². The summed E-state index contributed by atoms with van der Waals surface area (Å²) in [6.07, 6.45) is 3.10. The molecule has 0 atom stereocenters. The molecule has 0 saturated heterocycles. The Morgan fingerprint density at radius 3 is 2.47 bits per heavy atom. The Kier molecular flexibility index (Phi) is 4.05. The Balaban J connectivity index is 2.06. The summed E-state index contributed by atoms with van der Waals surface area (Å²) in [6, 6.07) is 10.4. The van der Waals surface area contributed by atoms with E-state index in [1.165, 1.54) is 11.1 Å². The molecule has 102 valence electrons. The van der Waals surface area contributed by atoms with Gasteiger partial charge in [-0.1, -0.05) is 36.4 Å². The highest BCUT2D eigenvalue weighted by Crippen LogP contribution is 2.23. The molecule has 0 fully saturated rings. The first-order valence-corrected chi connectivity index (χ1v) is 6.77. The molecule has 0 unspecified atom stereocenters. The van der Waals surface area contributed by atoms with Gasteiger partial charge in [0.2, 0.25) is 5.91 Å². The maximum atomic E-state index is 12.3. The van der Waals surface area contributed by atoms with Crippen LogP contribution in [0, 0.1) is 0 Å². The van der Waals surface area contributed by atoms with Crippen LogP contribution in [0.25, 0.3) is 5.57 Å². The van der Waals surface area contributed by atoms with E-state index in [0.717, 1.165) is 13.0 Å². The Hall–Kier alpha value is -1.61. The SMILES string of the molecule is CNC(C)(C)C(=O)N1CC=C(c2ccccc2)CC1. The molecule has 1 aliphatic rings. The second-order valence-corrected chi connectivity index (χ2v) is 5.47. The summed E-state index contributed by atoms with van der Waals surface area (Å²) < 4.78 is 0. The van der Waals surface area contributed by atoms with Crippen molar-refractivity contribution in [2.24, 2.45) is 0 Å². The number of hydrogen-bond acceptors (Lipinski definition) is 2. The fraction of sp³-hybridized carbons (Fsp3) is 0.438. The van der Waals surface area contributed by atoms with Crippen LogP contribution in [0.1, 0.15) is 25.8 Å². The van der Waals surface area contributed by atoms with Crippen LogP contribution in [0.2, 0.25) is 0 Å². The van der Waals surface area contributed by atoms with Crippen LogP contribution in [-0.2, 0) is 4.79 Å². The summed E-state index contributed by atoms with van der Waals surface area (Å²) in [6.45, 7) is 5.34. The molecular formula is C16H22N2O. The smallest absolute Gasteiger partial charge is 0.242 e. The van der Waals surface area contributed by atoms with Crippen molar-refractivity contribution in [1.29, 1.82) is 0 Å². The van der Waals surface area contributed by atoms with Gasteiger partial charge in [0, 0.05) is 13.1 Å². The van der Waals surface area contributed by atoms with Crippen LogP contribution in [0.3, 0.4) is 0 Å². The Bertz CT molecular complexity index is 477. The third kappa shape index (κ3) is 3.04. The van der Waals surface area contributed by atoms with Crippen LogP contribution in [0.5, 0.6) is 0 Å². The van der Waals surface area contributed by atoms with Gasteiger partial charge in [0.05, 0.1) is 5.54 Å². The molecule has 2 rings (SSSR count). The zero-order chi connectivity index (χ0) is 13.9. The third-order valence-corrected chi connectivity index (χ3v) is 3.80. The van der Waals surface area contributed by atoms with Gasteiger partial charge in [0.1, 0.15) is 0 Å². The van der Waals surface area contributed by atoms with E-state index < -0.39 is 5.54 Å². The van der Waals surface area contributed by atoms with Crippen molar-refractivity contribution in [3.63, 3.8) is 0 Å². The lowest BCUT2D eigenvalue weighted by atomic mass is 9.97. The Labute approximate surface area is 115 Å². The monoisotopic (exact) mass is 258 g/mol. The highest BCUT2D eigenvalue weighted by Gasteiger charge is 2.30. The highest BCUT2D eigenvalue weighted by atomic mass is 16.2. The zero-order valence-electron chi connectivity index (χ0n) is 11.9. The number of amides is 1. The van der Waals surface area contributed by atoms with E-state index in [9.17, 15) is 4.79 Å². The van der Waals surface area contributed by atoms with Crippen LogP contribution >= 0.6 is 0 Å². The summed E-state index contributed by atoms with van der Waals surface area (Å²) in [5.74, 6) is 0.165. The van der Waals surface area contributed by atoms with Crippen molar-refractivity contribution >= 4 is 11.5 Å². The molecule has 1 aliphatic heterocycles. The van der Waals surface area contributed by atoms with Crippen molar-refractivity contribution in [3.8, 4) is 0 Å². The number of carbonyl (C=O) groups excluding carboxylic acids is 1. The van der Waals surface area contributed by atoms with Crippen molar-refractivity contribution in [2.45, 2.75) is 25.8 Å². The van der Waals surface area contributed by atoms with Gasteiger partial charge in [-0.05, 0) is 38.5 Å². The van der Waals surface area contributed by atoms with Crippen molar-refractivity contribution in [2.75, 3.05) is 20.1 Å². The quantitative estimate of drug-likeness (QED) is 0.902. The average Bonchev–Trinajstić information content (AvgIpc) is 2.47. The minimum absolute atomic E-state index is 0.165. The van der Waals surface area contributed by atoms with Gasteiger partial charge in [-0.25, -0.2) is 0 Å². The predicted octanol–water partition coefficient (Wildman–Crippen LogP) is 2.30. The highest BCUT2D eigenvalue weighted by molar-refractivity contribution is 5.86. The first-order valence-electron chi connectivity index (χ1n) is 6.77. The van der Waals surface area contributed by atoms with E-state index in [2.05, 4.69) is 35.7 Å². The molecule has 1 amide bonds. The number of nitrogens with one attached hydrogen (secondary N) is 1. The van der Waals surface area contributed by atoms with Crippen molar-refractivity contribution < 1.29 is 4.79 Å². The van der Waals surface area contributed by atoms with E-state index in [1.807, 2.05) is 31.9 Å². The van der Waals surface area contributed by atoms with E-state index in [0.29, 0.717) is 6.54 Å². The topological polar surface area (TPSA) is 32.3 Å². The number of rotatable bonds is 3. The second kappa shape index (κ2) is 5.57. The summed E-state index contributed by atoms with van der Waals surface area (Å²) in [4.78, 5) is 14.2. The van der Waals surface area contributed by atoms with Gasteiger partial charge >= 0.3 is 0 Å². The van der Waals surface area contributed by atoms with E-state index in [4.69, 9.17) is 0 Å². The number of nitrogens with zero attached hydrogens (tertiary/aromatic N) is 1. The Morgan fingerprint density at radius 1 is 1.26 bits per heavy atom. The van der Waals surface area contributed by atoms with E-state index in [-0.39, 0.29) is 5.91 Å². The number of likely N-dealkylation sites (N-methyl/N-ethyl adjacent to an activating group) is 1. The van der Waals surface area contributed by atoms with Gasteiger partial charge in [-0.3, -0.25) is 4.79 Å². The molecule has 1 heterocycles. The summed E-state index contributed by atoms with van der Waals surface area (Å²) >= 11 is 0. The van der Waals surface area contributed by atoms with Gasteiger partial charge < -0.3 is 10.2 Å². The molecule has 0 aromatic heterocycles. The minimum Gasteiger partial charge on any atom is -0.337 e. The van der Waals surface area contributed by atoms with Crippen LogP contribution < -0.4 is 5.32 Å². The lowest BCUT2D eigenvalue weighted by Crippen LogP contribution is -2.53. The standard InChI is InChI=1S/C16H22N2O/c1-16(2,17-3)15(19)18-11-9-14(10-12-18)13-7-5-4-6-8-13/h4-9,17H,10-12H2,1-3H3. The lowest BCUT2D eigenvalue weighted by Gasteiger charge is -2.33. The van der Waals surface area contributed by atoms with Gasteiger partial charge in [0.15, 0.2) is 0 Å².